The first-order chi connectivity index (χ1) is 7.59. The second-order valence-corrected chi connectivity index (χ2v) is 5.93. The Kier molecular flexibility index (Phi) is 5.24. The van der Waals surface area contributed by atoms with Gasteiger partial charge in [0.25, 0.3) is 0 Å². The minimum Gasteiger partial charge on any atom is -0.284 e. The Labute approximate surface area is 101 Å². The number of hydrogen-bond acceptors (Lipinski definition) is 3. The van der Waals surface area contributed by atoms with Gasteiger partial charge in [0.1, 0.15) is 4.90 Å². The number of aromatic nitrogens is 2. The minimum absolute atomic E-state index is 0.201. The number of alkyl halides is 1. The van der Waals surface area contributed by atoms with E-state index in [1.807, 2.05) is 0 Å². The van der Waals surface area contributed by atoms with Gasteiger partial charge in [0.2, 0.25) is 10.0 Å². The number of halogens is 1. The van der Waals surface area contributed by atoms with Crippen LogP contribution in [0.15, 0.2) is 17.3 Å². The molecule has 0 amide bonds. The molecule has 1 aromatic heterocycles. The van der Waals surface area contributed by atoms with E-state index >= 15 is 0 Å². The fourth-order valence-electron chi connectivity index (χ4n) is 1.29. The smallest absolute Gasteiger partial charge is 0.245 e. The van der Waals surface area contributed by atoms with Crippen LogP contribution in [0.4, 0.5) is 0 Å². The highest BCUT2D eigenvalue weighted by Crippen LogP contribution is 2.12. The molecule has 0 saturated heterocycles. The second-order valence-electron chi connectivity index (χ2n) is 3.51. The minimum atomic E-state index is -3.38. The summed E-state index contributed by atoms with van der Waals surface area (Å²) in [6.45, 7) is 0.504. The summed E-state index contributed by atoms with van der Waals surface area (Å²) in [5, 5.41) is 6.13. The van der Waals surface area contributed by atoms with E-state index in [1.165, 1.54) is 16.7 Å². The number of nitrogens with one attached hydrogen (secondary N) is 1. The normalized spacial score (nSPS) is 12.2. The summed E-state index contributed by atoms with van der Waals surface area (Å²) < 4.78 is 25.1. The Morgan fingerprint density at radius 2 is 2.19 bits per heavy atom. The molecule has 0 aliphatic heterocycles. The quantitative estimate of drug-likeness (QED) is 0.599. The van der Waals surface area contributed by atoms with E-state index in [0.717, 1.165) is 19.3 Å². The monoisotopic (exact) mass is 265 g/mol. The van der Waals surface area contributed by atoms with E-state index in [1.54, 1.807) is 7.05 Å². The molecule has 16 heavy (non-hydrogen) atoms. The van der Waals surface area contributed by atoms with Crippen molar-refractivity contribution in [3.05, 3.63) is 12.4 Å². The number of H-pyrrole nitrogens is 1. The molecule has 1 heterocycles. The molecule has 0 bridgehead atoms. The zero-order valence-corrected chi connectivity index (χ0v) is 10.8. The van der Waals surface area contributed by atoms with Crippen molar-refractivity contribution < 1.29 is 8.42 Å². The molecular formula is C9H16ClN3O2S. The average molecular weight is 266 g/mol. The lowest BCUT2D eigenvalue weighted by atomic mass is 10.2. The molecule has 7 heteroatoms. The number of sulfonamides is 1. The molecule has 0 saturated carbocycles. The first-order valence-electron chi connectivity index (χ1n) is 5.10. The van der Waals surface area contributed by atoms with Gasteiger partial charge >= 0.3 is 0 Å². The molecule has 1 rings (SSSR count). The van der Waals surface area contributed by atoms with Crippen LogP contribution < -0.4 is 0 Å². The van der Waals surface area contributed by atoms with Crippen molar-refractivity contribution in [3.8, 4) is 0 Å². The second kappa shape index (κ2) is 6.22. The summed E-state index contributed by atoms with van der Waals surface area (Å²) in [5.41, 5.74) is 0. The fourth-order valence-corrected chi connectivity index (χ4v) is 2.59. The average Bonchev–Trinajstić information content (AvgIpc) is 2.77. The Morgan fingerprint density at radius 3 is 2.75 bits per heavy atom. The molecule has 0 atom stereocenters. The molecule has 1 aromatic rings. The highest BCUT2D eigenvalue weighted by atomic mass is 35.5. The van der Waals surface area contributed by atoms with Crippen molar-refractivity contribution >= 4 is 21.6 Å². The SMILES string of the molecule is CN(CCCCCCl)S(=O)(=O)c1cn[nH]c1. The number of nitrogens with zero attached hydrogens (tertiary/aromatic N) is 2. The first kappa shape index (κ1) is 13.5. The van der Waals surface area contributed by atoms with Crippen LogP contribution >= 0.6 is 11.6 Å². The molecule has 92 valence electrons. The van der Waals surface area contributed by atoms with E-state index < -0.39 is 10.0 Å². The maximum atomic E-state index is 11.9. The Bertz CT molecular complexity index is 391. The molecule has 0 aliphatic rings. The molecule has 0 fully saturated rings. The van der Waals surface area contributed by atoms with Crippen LogP contribution in [0.2, 0.25) is 0 Å². The van der Waals surface area contributed by atoms with Crippen LogP contribution in [0.3, 0.4) is 0 Å². The number of hydrogen-bond donors (Lipinski definition) is 1. The largest absolute Gasteiger partial charge is 0.284 e. The van der Waals surface area contributed by atoms with Crippen LogP contribution in [0, 0.1) is 0 Å². The van der Waals surface area contributed by atoms with Crippen molar-refractivity contribution in [2.45, 2.75) is 24.2 Å². The van der Waals surface area contributed by atoms with Gasteiger partial charge in [-0.3, -0.25) is 5.10 Å². The lowest BCUT2D eigenvalue weighted by Gasteiger charge is -2.15. The van der Waals surface area contributed by atoms with Crippen LogP contribution in [0.25, 0.3) is 0 Å². The first-order valence-corrected chi connectivity index (χ1v) is 7.07. The zero-order chi connectivity index (χ0) is 12.0. The third-order valence-corrected chi connectivity index (χ3v) is 4.38. The van der Waals surface area contributed by atoms with Gasteiger partial charge in [-0.15, -0.1) is 11.6 Å². The molecular weight excluding hydrogens is 250 g/mol. The van der Waals surface area contributed by atoms with Gasteiger partial charge in [-0.05, 0) is 12.8 Å². The standard InChI is InChI=1S/C9H16ClN3O2S/c1-13(6-4-2-3-5-10)16(14,15)9-7-11-12-8-9/h7-8H,2-6H2,1H3,(H,11,12). The number of unbranched alkanes of at least 4 members (excludes halogenated alkanes) is 2. The maximum Gasteiger partial charge on any atom is 0.245 e. The van der Waals surface area contributed by atoms with Crippen molar-refractivity contribution in [1.29, 1.82) is 0 Å². The number of aromatic amines is 1. The molecule has 5 nitrogen and oxygen atoms in total. The van der Waals surface area contributed by atoms with Crippen LogP contribution in [-0.2, 0) is 10.0 Å². The predicted octanol–water partition coefficient (Wildman–Crippen LogP) is 1.44. The lowest BCUT2D eigenvalue weighted by Crippen LogP contribution is -2.27. The third-order valence-electron chi connectivity index (χ3n) is 2.29. The van der Waals surface area contributed by atoms with Crippen molar-refractivity contribution in [2.75, 3.05) is 19.5 Å². The topological polar surface area (TPSA) is 66.1 Å². The lowest BCUT2D eigenvalue weighted by molar-refractivity contribution is 0.454. The van der Waals surface area contributed by atoms with E-state index in [-0.39, 0.29) is 4.90 Å². The summed E-state index contributed by atoms with van der Waals surface area (Å²) in [6.07, 6.45) is 5.37. The van der Waals surface area contributed by atoms with Gasteiger partial charge in [0.15, 0.2) is 0 Å². The highest BCUT2D eigenvalue weighted by Gasteiger charge is 2.20. The third kappa shape index (κ3) is 3.47. The molecule has 0 radical (unpaired) electrons. The van der Waals surface area contributed by atoms with Crippen LogP contribution in [-0.4, -0.2) is 42.4 Å². The van der Waals surface area contributed by atoms with Crippen molar-refractivity contribution in [3.63, 3.8) is 0 Å². The van der Waals surface area contributed by atoms with Crippen LogP contribution in [0.5, 0.6) is 0 Å². The number of rotatable bonds is 7. The molecule has 0 aliphatic carbocycles. The summed E-state index contributed by atoms with van der Waals surface area (Å²) in [7, 11) is -1.80. The van der Waals surface area contributed by atoms with Crippen molar-refractivity contribution in [1.82, 2.24) is 14.5 Å². The highest BCUT2D eigenvalue weighted by molar-refractivity contribution is 7.89. The van der Waals surface area contributed by atoms with Gasteiger partial charge < -0.3 is 0 Å². The van der Waals surface area contributed by atoms with E-state index in [2.05, 4.69) is 10.2 Å². The van der Waals surface area contributed by atoms with Gasteiger partial charge in [-0.1, -0.05) is 6.42 Å². The van der Waals surface area contributed by atoms with Gasteiger partial charge in [0.05, 0.1) is 6.20 Å². The molecule has 0 unspecified atom stereocenters. The Hall–Kier alpha value is -0.590. The van der Waals surface area contributed by atoms with E-state index in [0.29, 0.717) is 12.4 Å². The van der Waals surface area contributed by atoms with Gasteiger partial charge in [-0.25, -0.2) is 12.7 Å². The van der Waals surface area contributed by atoms with Crippen LogP contribution in [0.1, 0.15) is 19.3 Å². The van der Waals surface area contributed by atoms with Crippen molar-refractivity contribution in [2.24, 2.45) is 0 Å². The summed E-state index contributed by atoms with van der Waals surface area (Å²) in [5.74, 6) is 0.623. The molecule has 0 aromatic carbocycles. The fraction of sp³-hybridized carbons (Fsp3) is 0.667. The predicted molar refractivity (Wildman–Crippen MR) is 63.0 cm³/mol. The van der Waals surface area contributed by atoms with Gasteiger partial charge in [0, 0.05) is 25.7 Å². The van der Waals surface area contributed by atoms with E-state index in [4.69, 9.17) is 11.6 Å². The Morgan fingerprint density at radius 1 is 1.44 bits per heavy atom. The Balaban J connectivity index is 2.50. The molecule has 1 N–H and O–H groups in total. The van der Waals surface area contributed by atoms with Gasteiger partial charge in [-0.2, -0.15) is 5.10 Å². The summed E-state index contributed by atoms with van der Waals surface area (Å²) in [4.78, 5) is 0.201. The van der Waals surface area contributed by atoms with E-state index in [9.17, 15) is 8.42 Å². The zero-order valence-electron chi connectivity index (χ0n) is 9.19. The maximum absolute atomic E-state index is 11.9. The summed E-state index contributed by atoms with van der Waals surface area (Å²) >= 11 is 5.54. The molecule has 0 spiro atoms. The summed E-state index contributed by atoms with van der Waals surface area (Å²) in [6, 6.07) is 0.